The van der Waals surface area contributed by atoms with Crippen LogP contribution in [0.15, 0.2) is 23.8 Å². The molecule has 1 atom stereocenters. The Kier molecular flexibility index (Phi) is 3.99. The Morgan fingerprint density at radius 2 is 2.10 bits per heavy atom. The number of rotatable bonds is 3. The number of phenolic OH excluding ortho intramolecular Hbond substituents is 2. The van der Waals surface area contributed by atoms with Crippen LogP contribution in [0.5, 0.6) is 11.5 Å². The van der Waals surface area contributed by atoms with E-state index in [0.29, 0.717) is 24.0 Å². The van der Waals surface area contributed by atoms with Gasteiger partial charge in [0.2, 0.25) is 0 Å². The fraction of sp³-hybridized carbons (Fsp3) is 0.400. The summed E-state index contributed by atoms with van der Waals surface area (Å²) in [6.45, 7) is 0.0355. The number of hydrogen-bond acceptors (Lipinski definition) is 4. The summed E-state index contributed by atoms with van der Waals surface area (Å²) in [4.78, 5) is 11.6. The normalized spacial score (nSPS) is 24.8. The molecule has 0 aliphatic heterocycles. The smallest absolute Gasteiger partial charge is 0.315 e. The number of para-hydroxylation sites is 1. The maximum Gasteiger partial charge on any atom is 0.315 e. The lowest BCUT2D eigenvalue weighted by Gasteiger charge is -2.35. The van der Waals surface area contributed by atoms with Gasteiger partial charge in [0, 0.05) is 12.1 Å². The van der Waals surface area contributed by atoms with Crippen molar-refractivity contribution in [2.45, 2.75) is 25.7 Å². The van der Waals surface area contributed by atoms with E-state index in [0.717, 1.165) is 12.8 Å². The van der Waals surface area contributed by atoms with Gasteiger partial charge in [-0.25, -0.2) is 0 Å². The number of aliphatic carboxylic acids is 1. The molecule has 1 aromatic rings. The lowest BCUT2D eigenvalue weighted by molar-refractivity contribution is -0.147. The molecule has 1 aromatic carbocycles. The molecule has 108 valence electrons. The number of hydrogen-bond donors (Lipinski definition) is 4. The minimum absolute atomic E-state index is 0.0355. The molecule has 20 heavy (non-hydrogen) atoms. The zero-order valence-corrected chi connectivity index (χ0v) is 11.2. The predicted molar refractivity (Wildman–Crippen MR) is 75.3 cm³/mol. The molecule has 1 unspecified atom stereocenters. The van der Waals surface area contributed by atoms with Gasteiger partial charge in [0.15, 0.2) is 11.5 Å². The van der Waals surface area contributed by atoms with E-state index in [1.165, 1.54) is 6.07 Å². The summed E-state index contributed by atoms with van der Waals surface area (Å²) < 4.78 is 0. The van der Waals surface area contributed by atoms with E-state index >= 15 is 0 Å². The van der Waals surface area contributed by atoms with Gasteiger partial charge in [0.05, 0.1) is 0 Å². The highest BCUT2D eigenvalue weighted by Crippen LogP contribution is 2.42. The molecule has 1 aliphatic carbocycles. The molecule has 1 aliphatic rings. The number of carbonyl (C=O) groups is 1. The Labute approximate surface area is 117 Å². The SMILES string of the molecule is NCC1(C(=O)O)CCCCC1=Cc1cccc(O)c1O. The summed E-state index contributed by atoms with van der Waals surface area (Å²) in [5.74, 6) is -1.38. The highest BCUT2D eigenvalue weighted by molar-refractivity contribution is 5.82. The molecule has 0 heterocycles. The zero-order chi connectivity index (χ0) is 14.8. The molecule has 0 radical (unpaired) electrons. The van der Waals surface area contributed by atoms with Crippen LogP contribution >= 0.6 is 0 Å². The number of aromatic hydroxyl groups is 2. The first-order chi connectivity index (χ1) is 9.51. The van der Waals surface area contributed by atoms with Crippen molar-refractivity contribution < 1.29 is 20.1 Å². The van der Waals surface area contributed by atoms with Gasteiger partial charge in [0.1, 0.15) is 5.41 Å². The summed E-state index contributed by atoms with van der Waals surface area (Å²) in [6.07, 6.45) is 4.52. The third-order valence-electron chi connectivity index (χ3n) is 4.05. The van der Waals surface area contributed by atoms with Gasteiger partial charge in [-0.3, -0.25) is 4.79 Å². The summed E-state index contributed by atoms with van der Waals surface area (Å²) in [5.41, 5.74) is 5.78. The quantitative estimate of drug-likeness (QED) is 0.633. The summed E-state index contributed by atoms with van der Waals surface area (Å²) >= 11 is 0. The lowest BCUT2D eigenvalue weighted by atomic mass is 9.69. The number of carboxylic acids is 1. The molecule has 1 saturated carbocycles. The van der Waals surface area contributed by atoms with Crippen molar-refractivity contribution in [2.75, 3.05) is 6.54 Å². The van der Waals surface area contributed by atoms with E-state index in [1.54, 1.807) is 18.2 Å². The van der Waals surface area contributed by atoms with Crippen LogP contribution in [0.25, 0.3) is 6.08 Å². The first-order valence-corrected chi connectivity index (χ1v) is 6.67. The molecule has 0 spiro atoms. The van der Waals surface area contributed by atoms with E-state index < -0.39 is 11.4 Å². The maximum atomic E-state index is 11.6. The van der Waals surface area contributed by atoms with Gasteiger partial charge in [-0.15, -0.1) is 0 Å². The molecule has 5 heteroatoms. The van der Waals surface area contributed by atoms with Crippen molar-refractivity contribution in [3.8, 4) is 11.5 Å². The molecule has 0 aromatic heterocycles. The molecular formula is C15H19NO4. The van der Waals surface area contributed by atoms with Crippen molar-refractivity contribution in [1.82, 2.24) is 0 Å². The molecule has 1 fully saturated rings. The lowest BCUT2D eigenvalue weighted by Crippen LogP contribution is -2.42. The topological polar surface area (TPSA) is 104 Å². The second kappa shape index (κ2) is 5.54. The third-order valence-corrected chi connectivity index (χ3v) is 4.05. The second-order valence-corrected chi connectivity index (χ2v) is 5.18. The van der Waals surface area contributed by atoms with Gasteiger partial charge in [-0.05, 0) is 25.3 Å². The maximum absolute atomic E-state index is 11.6. The van der Waals surface area contributed by atoms with Crippen LogP contribution in [0.1, 0.15) is 31.2 Å². The van der Waals surface area contributed by atoms with Crippen molar-refractivity contribution in [2.24, 2.45) is 11.1 Å². The Morgan fingerprint density at radius 3 is 2.75 bits per heavy atom. The molecular weight excluding hydrogens is 258 g/mol. The molecule has 0 amide bonds. The average Bonchev–Trinajstić information content (AvgIpc) is 2.44. The minimum atomic E-state index is -1.06. The predicted octanol–water partition coefficient (Wildman–Crippen LogP) is 2.08. The van der Waals surface area contributed by atoms with E-state index in [4.69, 9.17) is 5.73 Å². The van der Waals surface area contributed by atoms with E-state index in [2.05, 4.69) is 0 Å². The van der Waals surface area contributed by atoms with Gasteiger partial charge in [-0.2, -0.15) is 0 Å². The van der Waals surface area contributed by atoms with Crippen molar-refractivity contribution in [3.63, 3.8) is 0 Å². The number of nitrogens with two attached hydrogens (primary N) is 1. The molecule has 5 N–H and O–H groups in total. The fourth-order valence-electron chi connectivity index (χ4n) is 2.77. The fourth-order valence-corrected chi connectivity index (χ4v) is 2.77. The minimum Gasteiger partial charge on any atom is -0.504 e. The standard InChI is InChI=1S/C15H19NO4/c16-9-15(14(19)20)7-2-1-5-11(15)8-10-4-3-6-12(17)13(10)18/h3-4,6,8,17-18H,1-2,5,7,9,16H2,(H,19,20). The van der Waals surface area contributed by atoms with Gasteiger partial charge in [0.25, 0.3) is 0 Å². The van der Waals surface area contributed by atoms with E-state index in [1.807, 2.05) is 0 Å². The molecule has 0 bridgehead atoms. The zero-order valence-electron chi connectivity index (χ0n) is 11.2. The van der Waals surface area contributed by atoms with Crippen molar-refractivity contribution >= 4 is 12.0 Å². The van der Waals surface area contributed by atoms with Crippen LogP contribution in [-0.2, 0) is 4.79 Å². The van der Waals surface area contributed by atoms with Crippen molar-refractivity contribution in [1.29, 1.82) is 0 Å². The average molecular weight is 277 g/mol. The van der Waals surface area contributed by atoms with Crippen LogP contribution in [0.3, 0.4) is 0 Å². The first kappa shape index (κ1) is 14.4. The second-order valence-electron chi connectivity index (χ2n) is 5.18. The third kappa shape index (κ3) is 2.36. The summed E-state index contributed by atoms with van der Waals surface area (Å²) in [5, 5.41) is 28.9. The number of carboxylic acid groups (broad SMARTS) is 1. The highest BCUT2D eigenvalue weighted by atomic mass is 16.4. The van der Waals surface area contributed by atoms with Gasteiger partial charge >= 0.3 is 5.97 Å². The summed E-state index contributed by atoms with van der Waals surface area (Å²) in [6, 6.07) is 4.63. The number of benzene rings is 1. The van der Waals surface area contributed by atoms with Crippen LogP contribution in [0.2, 0.25) is 0 Å². The van der Waals surface area contributed by atoms with Crippen LogP contribution < -0.4 is 5.73 Å². The Balaban J connectivity index is 2.49. The summed E-state index contributed by atoms with van der Waals surface area (Å²) in [7, 11) is 0. The van der Waals surface area contributed by atoms with E-state index in [9.17, 15) is 20.1 Å². The molecule has 5 nitrogen and oxygen atoms in total. The first-order valence-electron chi connectivity index (χ1n) is 6.67. The van der Waals surface area contributed by atoms with E-state index in [-0.39, 0.29) is 18.0 Å². The monoisotopic (exact) mass is 277 g/mol. The Bertz CT molecular complexity index is 553. The van der Waals surface area contributed by atoms with Crippen LogP contribution in [0.4, 0.5) is 0 Å². The highest BCUT2D eigenvalue weighted by Gasteiger charge is 2.42. The largest absolute Gasteiger partial charge is 0.504 e. The Hall–Kier alpha value is -2.01. The van der Waals surface area contributed by atoms with Gasteiger partial charge in [-0.1, -0.05) is 30.2 Å². The van der Waals surface area contributed by atoms with Crippen LogP contribution in [-0.4, -0.2) is 27.8 Å². The van der Waals surface area contributed by atoms with Crippen molar-refractivity contribution in [3.05, 3.63) is 29.3 Å². The Morgan fingerprint density at radius 1 is 1.35 bits per heavy atom. The number of phenols is 2. The van der Waals surface area contributed by atoms with Crippen LogP contribution in [0, 0.1) is 5.41 Å². The molecule has 0 saturated heterocycles. The molecule has 2 rings (SSSR count). The van der Waals surface area contributed by atoms with Gasteiger partial charge < -0.3 is 21.1 Å².